The molecule has 2 N–H and O–H groups in total. The second kappa shape index (κ2) is 10.1. The molecule has 150 valence electrons. The van der Waals surface area contributed by atoms with E-state index >= 15 is 0 Å². The Morgan fingerprint density at radius 1 is 0.821 bits per heavy atom. The predicted molar refractivity (Wildman–Crippen MR) is 103 cm³/mol. The van der Waals surface area contributed by atoms with Gasteiger partial charge in [-0.2, -0.15) is 0 Å². The van der Waals surface area contributed by atoms with Gasteiger partial charge in [0.25, 0.3) is 5.91 Å². The Labute approximate surface area is 163 Å². The minimum atomic E-state index is -0.438. The third-order valence-electron chi connectivity index (χ3n) is 4.00. The third-order valence-corrected chi connectivity index (χ3v) is 4.00. The molecular formula is C20H24N2O6. The maximum Gasteiger partial charge on any atom is 0.251 e. The smallest absolute Gasteiger partial charge is 0.251 e. The maximum atomic E-state index is 12.4. The molecule has 0 heterocycles. The van der Waals surface area contributed by atoms with Crippen LogP contribution in [-0.2, 0) is 11.3 Å². The molecule has 28 heavy (non-hydrogen) atoms. The summed E-state index contributed by atoms with van der Waals surface area (Å²) in [6.07, 6.45) is 0. The molecule has 0 saturated carbocycles. The second-order valence-corrected chi connectivity index (χ2v) is 5.69. The molecule has 0 unspecified atom stereocenters. The lowest BCUT2D eigenvalue weighted by atomic mass is 10.1. The summed E-state index contributed by atoms with van der Waals surface area (Å²) < 4.78 is 20.9. The highest BCUT2D eigenvalue weighted by molar-refractivity contribution is 5.97. The fourth-order valence-electron chi connectivity index (χ4n) is 2.58. The summed E-state index contributed by atoms with van der Waals surface area (Å²) in [7, 11) is 5.97. The lowest BCUT2D eigenvalue weighted by Gasteiger charge is -2.14. The largest absolute Gasteiger partial charge is 0.496 e. The van der Waals surface area contributed by atoms with E-state index in [1.165, 1.54) is 33.5 Å². The summed E-state index contributed by atoms with van der Waals surface area (Å²) in [6.45, 7) is 0.119. The van der Waals surface area contributed by atoms with Crippen LogP contribution in [0.15, 0.2) is 36.4 Å². The van der Waals surface area contributed by atoms with Crippen LogP contribution >= 0.6 is 0 Å². The molecule has 0 aliphatic heterocycles. The molecule has 2 amide bonds. The topological polar surface area (TPSA) is 95.1 Å². The van der Waals surface area contributed by atoms with Crippen LogP contribution in [0.4, 0.5) is 0 Å². The summed E-state index contributed by atoms with van der Waals surface area (Å²) >= 11 is 0. The number of ether oxygens (including phenoxy) is 4. The van der Waals surface area contributed by atoms with Crippen LogP contribution in [0.1, 0.15) is 15.9 Å². The zero-order valence-corrected chi connectivity index (χ0v) is 16.3. The van der Waals surface area contributed by atoms with Crippen molar-refractivity contribution >= 4 is 11.8 Å². The highest BCUT2D eigenvalue weighted by atomic mass is 16.5. The second-order valence-electron chi connectivity index (χ2n) is 5.69. The number of carbonyl (C=O) groups excluding carboxylic acids is 2. The number of hydrogen-bond acceptors (Lipinski definition) is 6. The van der Waals surface area contributed by atoms with Gasteiger partial charge in [-0.1, -0.05) is 18.2 Å². The average Bonchev–Trinajstić information content (AvgIpc) is 2.74. The molecule has 0 saturated heterocycles. The van der Waals surface area contributed by atoms with Gasteiger partial charge < -0.3 is 29.6 Å². The predicted octanol–water partition coefficient (Wildman–Crippen LogP) is 1.77. The summed E-state index contributed by atoms with van der Waals surface area (Å²) in [5, 5.41) is 5.31. The quantitative estimate of drug-likeness (QED) is 0.680. The van der Waals surface area contributed by atoms with Crippen LogP contribution < -0.4 is 29.6 Å². The molecule has 2 rings (SSSR count). The Balaban J connectivity index is 1.97. The summed E-state index contributed by atoms with van der Waals surface area (Å²) in [5.74, 6) is 1.01. The molecule has 0 fully saturated rings. The van der Waals surface area contributed by atoms with Crippen LogP contribution in [-0.4, -0.2) is 46.8 Å². The molecule has 2 aromatic rings. The Morgan fingerprint density at radius 3 is 2.00 bits per heavy atom. The van der Waals surface area contributed by atoms with Gasteiger partial charge in [0.15, 0.2) is 11.5 Å². The minimum Gasteiger partial charge on any atom is -0.496 e. The number of benzene rings is 2. The van der Waals surface area contributed by atoms with E-state index in [1.807, 2.05) is 24.3 Å². The maximum absolute atomic E-state index is 12.4. The molecule has 0 aliphatic carbocycles. The number of nitrogens with one attached hydrogen (secondary N) is 2. The van der Waals surface area contributed by atoms with Crippen LogP contribution in [0.3, 0.4) is 0 Å². The zero-order valence-electron chi connectivity index (χ0n) is 16.3. The van der Waals surface area contributed by atoms with Gasteiger partial charge in [0.05, 0.1) is 35.0 Å². The zero-order chi connectivity index (χ0) is 20.5. The standard InChI is InChI=1S/C20H24N2O6/c1-25-15-8-6-5-7-13(15)11-21-18(23)12-22-20(24)14-9-16(26-2)19(28-4)17(10-14)27-3/h5-10H,11-12H2,1-4H3,(H,21,23)(H,22,24). The van der Waals surface area contributed by atoms with Gasteiger partial charge in [-0.05, 0) is 18.2 Å². The van der Waals surface area contributed by atoms with Crippen molar-refractivity contribution in [2.24, 2.45) is 0 Å². The highest BCUT2D eigenvalue weighted by Crippen LogP contribution is 2.38. The van der Waals surface area contributed by atoms with Gasteiger partial charge in [0.2, 0.25) is 11.7 Å². The summed E-state index contributed by atoms with van der Waals surface area (Å²) in [6, 6.07) is 10.4. The molecule has 0 radical (unpaired) electrons. The summed E-state index contributed by atoms with van der Waals surface area (Å²) in [4.78, 5) is 24.5. The first kappa shape index (κ1) is 20.9. The Bertz CT molecular complexity index is 812. The third kappa shape index (κ3) is 5.06. The van der Waals surface area contributed by atoms with Crippen LogP contribution in [0.25, 0.3) is 0 Å². The van der Waals surface area contributed by atoms with Crippen molar-refractivity contribution < 1.29 is 28.5 Å². The molecule has 8 nitrogen and oxygen atoms in total. The van der Waals surface area contributed by atoms with Crippen LogP contribution in [0, 0.1) is 0 Å². The molecule has 0 aliphatic rings. The van der Waals surface area contributed by atoms with Gasteiger partial charge in [-0.15, -0.1) is 0 Å². The van der Waals surface area contributed by atoms with Crippen molar-refractivity contribution in [2.45, 2.75) is 6.54 Å². The average molecular weight is 388 g/mol. The lowest BCUT2D eigenvalue weighted by Crippen LogP contribution is -2.36. The number of rotatable bonds is 9. The first-order valence-electron chi connectivity index (χ1n) is 8.50. The molecule has 0 atom stereocenters. The lowest BCUT2D eigenvalue weighted by molar-refractivity contribution is -0.120. The van der Waals surface area contributed by atoms with Crippen molar-refractivity contribution in [2.75, 3.05) is 35.0 Å². The van der Waals surface area contributed by atoms with Crippen molar-refractivity contribution in [3.05, 3.63) is 47.5 Å². The van der Waals surface area contributed by atoms with E-state index in [2.05, 4.69) is 10.6 Å². The van der Waals surface area contributed by atoms with E-state index in [9.17, 15) is 9.59 Å². The van der Waals surface area contributed by atoms with Gasteiger partial charge in [0.1, 0.15) is 5.75 Å². The number of para-hydroxylation sites is 1. The van der Waals surface area contributed by atoms with E-state index in [4.69, 9.17) is 18.9 Å². The van der Waals surface area contributed by atoms with Crippen molar-refractivity contribution in [1.82, 2.24) is 10.6 Å². The van der Waals surface area contributed by atoms with E-state index in [0.717, 1.165) is 5.56 Å². The first-order valence-corrected chi connectivity index (χ1v) is 8.50. The minimum absolute atomic E-state index is 0.176. The van der Waals surface area contributed by atoms with Crippen LogP contribution in [0.5, 0.6) is 23.0 Å². The monoisotopic (exact) mass is 388 g/mol. The van der Waals surface area contributed by atoms with Gasteiger partial charge in [0, 0.05) is 17.7 Å². The Kier molecular flexibility index (Phi) is 7.50. The number of methoxy groups -OCH3 is 4. The summed E-state index contributed by atoms with van der Waals surface area (Å²) in [5.41, 5.74) is 1.13. The van der Waals surface area contributed by atoms with E-state index < -0.39 is 5.91 Å². The van der Waals surface area contributed by atoms with Crippen LogP contribution in [0.2, 0.25) is 0 Å². The van der Waals surface area contributed by atoms with Crippen molar-refractivity contribution in [1.29, 1.82) is 0 Å². The van der Waals surface area contributed by atoms with Gasteiger partial charge in [-0.25, -0.2) is 0 Å². The molecule has 2 aromatic carbocycles. The van der Waals surface area contributed by atoms with Crippen molar-refractivity contribution in [3.8, 4) is 23.0 Å². The van der Waals surface area contributed by atoms with E-state index in [1.54, 1.807) is 7.11 Å². The van der Waals surface area contributed by atoms with E-state index in [-0.39, 0.29) is 18.0 Å². The fourth-order valence-corrected chi connectivity index (χ4v) is 2.58. The molecular weight excluding hydrogens is 364 g/mol. The Hall–Kier alpha value is -3.42. The molecule has 8 heteroatoms. The highest BCUT2D eigenvalue weighted by Gasteiger charge is 2.17. The molecule has 0 bridgehead atoms. The molecule has 0 spiro atoms. The van der Waals surface area contributed by atoms with Gasteiger partial charge in [-0.3, -0.25) is 9.59 Å². The fraction of sp³-hybridized carbons (Fsp3) is 0.300. The van der Waals surface area contributed by atoms with Gasteiger partial charge >= 0.3 is 0 Å². The molecule has 0 aromatic heterocycles. The Morgan fingerprint density at radius 2 is 1.43 bits per heavy atom. The number of amides is 2. The number of carbonyl (C=O) groups is 2. The first-order chi connectivity index (χ1) is 13.5. The van der Waals surface area contributed by atoms with E-state index in [0.29, 0.717) is 29.5 Å². The SMILES string of the molecule is COc1ccccc1CNC(=O)CNC(=O)c1cc(OC)c(OC)c(OC)c1. The normalized spacial score (nSPS) is 10.0. The van der Waals surface area contributed by atoms with Crippen molar-refractivity contribution in [3.63, 3.8) is 0 Å². The number of hydrogen-bond donors (Lipinski definition) is 2.